The zero-order valence-corrected chi connectivity index (χ0v) is 17.3. The molecular formula is C20H18ClN3O4S. The van der Waals surface area contributed by atoms with Crippen molar-refractivity contribution in [3.8, 4) is 11.5 Å². The number of benzene rings is 2. The fraction of sp³-hybridized carbons (Fsp3) is 0.150. The van der Waals surface area contributed by atoms with Crippen molar-refractivity contribution in [1.29, 1.82) is 0 Å². The van der Waals surface area contributed by atoms with Crippen LogP contribution in [-0.4, -0.2) is 31.0 Å². The highest BCUT2D eigenvalue weighted by atomic mass is 35.5. The Bertz CT molecular complexity index is 1020. The molecule has 0 aliphatic rings. The van der Waals surface area contributed by atoms with E-state index in [2.05, 4.69) is 15.6 Å². The Hall–Kier alpha value is -3.10. The minimum absolute atomic E-state index is 0.273. The zero-order valence-electron chi connectivity index (χ0n) is 15.7. The Morgan fingerprint density at radius 3 is 2.66 bits per heavy atom. The van der Waals surface area contributed by atoms with Crippen LogP contribution in [0.1, 0.15) is 26.4 Å². The highest BCUT2D eigenvalue weighted by Gasteiger charge is 2.14. The Balaban J connectivity index is 1.74. The number of carbonyl (C=O) groups excluding carboxylic acids is 2. The molecule has 7 nitrogen and oxygen atoms in total. The van der Waals surface area contributed by atoms with Crippen LogP contribution in [0, 0.1) is 0 Å². The lowest BCUT2D eigenvalue weighted by Gasteiger charge is -2.12. The number of hydrogen-bond acceptors (Lipinski definition) is 6. The summed E-state index contributed by atoms with van der Waals surface area (Å²) in [5.41, 5.74) is 3.64. The van der Waals surface area contributed by atoms with E-state index in [-0.39, 0.29) is 17.4 Å². The van der Waals surface area contributed by atoms with Crippen LogP contribution < -0.4 is 20.1 Å². The quantitative estimate of drug-likeness (QED) is 0.590. The van der Waals surface area contributed by atoms with Gasteiger partial charge in [-0.1, -0.05) is 11.6 Å². The van der Waals surface area contributed by atoms with Gasteiger partial charge < -0.3 is 20.1 Å². The molecule has 0 fully saturated rings. The molecular weight excluding hydrogens is 414 g/mol. The average Bonchev–Trinajstić information content (AvgIpc) is 3.26. The second-order valence-electron chi connectivity index (χ2n) is 5.86. The molecule has 1 heterocycles. The Morgan fingerprint density at radius 2 is 1.97 bits per heavy atom. The van der Waals surface area contributed by atoms with Gasteiger partial charge in [0.25, 0.3) is 11.8 Å². The van der Waals surface area contributed by atoms with E-state index < -0.39 is 0 Å². The van der Waals surface area contributed by atoms with Crippen LogP contribution in [0.15, 0.2) is 47.3 Å². The molecule has 3 rings (SSSR count). The lowest BCUT2D eigenvalue weighted by Crippen LogP contribution is -2.19. The maximum absolute atomic E-state index is 12.6. The molecule has 0 radical (unpaired) electrons. The highest BCUT2D eigenvalue weighted by Crippen LogP contribution is 2.29. The number of nitrogens with one attached hydrogen (secondary N) is 2. The second-order valence-corrected chi connectivity index (χ2v) is 6.99. The Morgan fingerprint density at radius 1 is 1.14 bits per heavy atom. The lowest BCUT2D eigenvalue weighted by molar-refractivity contribution is 0.0961. The summed E-state index contributed by atoms with van der Waals surface area (Å²) in [5.74, 6) is 0.231. The predicted octanol–water partition coefficient (Wildman–Crippen LogP) is 4.00. The molecule has 0 aliphatic carbocycles. The van der Waals surface area contributed by atoms with Crippen molar-refractivity contribution in [2.75, 3.05) is 19.5 Å². The molecule has 3 aromatic rings. The molecule has 0 unspecified atom stereocenters. The van der Waals surface area contributed by atoms with Gasteiger partial charge in [0.05, 0.1) is 28.9 Å². The highest BCUT2D eigenvalue weighted by molar-refractivity contribution is 7.07. The van der Waals surface area contributed by atoms with Gasteiger partial charge in [0, 0.05) is 23.7 Å². The topological polar surface area (TPSA) is 89.6 Å². The molecule has 2 amide bonds. The van der Waals surface area contributed by atoms with E-state index in [0.29, 0.717) is 34.4 Å². The minimum Gasteiger partial charge on any atom is -0.493 e. The van der Waals surface area contributed by atoms with Crippen LogP contribution in [-0.2, 0) is 6.61 Å². The van der Waals surface area contributed by atoms with E-state index in [1.807, 2.05) is 5.38 Å². The summed E-state index contributed by atoms with van der Waals surface area (Å²) in [7, 11) is 3.01. The first-order valence-corrected chi connectivity index (χ1v) is 9.84. The monoisotopic (exact) mass is 431 g/mol. The van der Waals surface area contributed by atoms with Gasteiger partial charge in [-0.3, -0.25) is 9.59 Å². The third-order valence-corrected chi connectivity index (χ3v) is 4.95. The molecule has 0 aliphatic heterocycles. The second kappa shape index (κ2) is 9.40. The summed E-state index contributed by atoms with van der Waals surface area (Å²) < 4.78 is 11.1. The molecule has 0 bridgehead atoms. The molecule has 0 saturated carbocycles. The van der Waals surface area contributed by atoms with Crippen molar-refractivity contribution in [3.05, 3.63) is 69.1 Å². The van der Waals surface area contributed by atoms with Crippen molar-refractivity contribution in [3.63, 3.8) is 0 Å². The van der Waals surface area contributed by atoms with E-state index in [9.17, 15) is 9.59 Å². The normalized spacial score (nSPS) is 10.3. The minimum atomic E-state index is -0.362. The van der Waals surface area contributed by atoms with Gasteiger partial charge in [-0.25, -0.2) is 4.98 Å². The van der Waals surface area contributed by atoms with Crippen molar-refractivity contribution in [2.24, 2.45) is 0 Å². The molecule has 150 valence electrons. The number of carbonyl (C=O) groups is 2. The van der Waals surface area contributed by atoms with Crippen LogP contribution in [0.2, 0.25) is 5.02 Å². The number of aromatic nitrogens is 1. The van der Waals surface area contributed by atoms with Gasteiger partial charge in [0.1, 0.15) is 6.61 Å². The van der Waals surface area contributed by atoms with Crippen molar-refractivity contribution in [2.45, 2.75) is 6.61 Å². The van der Waals surface area contributed by atoms with Crippen LogP contribution >= 0.6 is 22.9 Å². The number of nitrogens with zero attached hydrogens (tertiary/aromatic N) is 1. The van der Waals surface area contributed by atoms with E-state index in [1.165, 1.54) is 31.6 Å². The molecule has 0 saturated heterocycles. The fourth-order valence-corrected chi connectivity index (χ4v) is 3.25. The van der Waals surface area contributed by atoms with Gasteiger partial charge >= 0.3 is 0 Å². The van der Waals surface area contributed by atoms with E-state index in [0.717, 1.165) is 5.69 Å². The number of amides is 2. The third-order valence-electron chi connectivity index (χ3n) is 3.98. The molecule has 0 spiro atoms. The first-order valence-electron chi connectivity index (χ1n) is 8.52. The lowest BCUT2D eigenvalue weighted by atomic mass is 10.1. The van der Waals surface area contributed by atoms with Gasteiger partial charge in [0.15, 0.2) is 11.5 Å². The summed E-state index contributed by atoms with van der Waals surface area (Å²) in [6.07, 6.45) is 0. The van der Waals surface area contributed by atoms with E-state index >= 15 is 0 Å². The van der Waals surface area contributed by atoms with Crippen molar-refractivity contribution in [1.82, 2.24) is 10.3 Å². The summed E-state index contributed by atoms with van der Waals surface area (Å²) >= 11 is 7.53. The fourth-order valence-electron chi connectivity index (χ4n) is 2.50. The van der Waals surface area contributed by atoms with Crippen molar-refractivity contribution >= 4 is 40.4 Å². The van der Waals surface area contributed by atoms with Crippen LogP contribution in [0.5, 0.6) is 11.5 Å². The van der Waals surface area contributed by atoms with E-state index in [1.54, 1.807) is 35.8 Å². The van der Waals surface area contributed by atoms with Gasteiger partial charge in [-0.05, 0) is 36.4 Å². The Kier molecular flexibility index (Phi) is 6.69. The zero-order chi connectivity index (χ0) is 20.8. The number of thiazole rings is 1. The van der Waals surface area contributed by atoms with Gasteiger partial charge in [0.2, 0.25) is 0 Å². The number of halogens is 1. The molecule has 2 aromatic carbocycles. The summed E-state index contributed by atoms with van der Waals surface area (Å²) in [6.45, 7) is 0.304. The van der Waals surface area contributed by atoms with Crippen LogP contribution in [0.25, 0.3) is 0 Å². The largest absolute Gasteiger partial charge is 0.493 e. The van der Waals surface area contributed by atoms with Crippen LogP contribution in [0.4, 0.5) is 5.69 Å². The molecule has 1 aromatic heterocycles. The SMILES string of the molecule is CNC(=O)c1cc(NC(=O)c2ccc(OCc3cscn3)c(OC)c2)ccc1Cl. The number of rotatable bonds is 7. The smallest absolute Gasteiger partial charge is 0.255 e. The first kappa shape index (κ1) is 20.6. The third kappa shape index (κ3) is 5.04. The average molecular weight is 432 g/mol. The number of ether oxygens (including phenoxy) is 2. The molecule has 29 heavy (non-hydrogen) atoms. The number of hydrogen-bond donors (Lipinski definition) is 2. The first-order chi connectivity index (χ1) is 14.0. The van der Waals surface area contributed by atoms with Crippen molar-refractivity contribution < 1.29 is 19.1 Å². The maximum atomic E-state index is 12.6. The summed E-state index contributed by atoms with van der Waals surface area (Å²) in [4.78, 5) is 28.7. The van der Waals surface area contributed by atoms with Gasteiger partial charge in [-0.2, -0.15) is 0 Å². The van der Waals surface area contributed by atoms with Gasteiger partial charge in [-0.15, -0.1) is 11.3 Å². The number of methoxy groups -OCH3 is 1. The van der Waals surface area contributed by atoms with Crippen LogP contribution in [0.3, 0.4) is 0 Å². The standard InChI is InChI=1S/C20H18ClN3O4S/c1-22-20(26)15-8-13(4-5-16(15)21)24-19(25)12-3-6-17(18(7-12)27-2)28-9-14-10-29-11-23-14/h3-8,10-11H,9H2,1-2H3,(H,22,26)(H,24,25). The number of anilines is 1. The predicted molar refractivity (Wildman–Crippen MR) is 112 cm³/mol. The maximum Gasteiger partial charge on any atom is 0.255 e. The van der Waals surface area contributed by atoms with E-state index in [4.69, 9.17) is 21.1 Å². The molecule has 2 N–H and O–H groups in total. The summed E-state index contributed by atoms with van der Waals surface area (Å²) in [6, 6.07) is 9.57. The summed E-state index contributed by atoms with van der Waals surface area (Å²) in [5, 5.41) is 7.45. The molecule has 0 atom stereocenters. The molecule has 9 heteroatoms. The Labute approximate surface area is 176 Å².